The Morgan fingerprint density at radius 2 is 2.15 bits per heavy atom. The Bertz CT molecular complexity index is 572. The third kappa shape index (κ3) is 3.46. The molecule has 0 radical (unpaired) electrons. The van der Waals surface area contributed by atoms with Gasteiger partial charge in [0.2, 0.25) is 0 Å². The van der Waals surface area contributed by atoms with E-state index in [0.29, 0.717) is 0 Å². The number of nitrogens with one attached hydrogen (secondary N) is 1. The summed E-state index contributed by atoms with van der Waals surface area (Å²) in [6.07, 6.45) is 2.65. The van der Waals surface area contributed by atoms with Crippen LogP contribution in [0, 0.1) is 6.92 Å². The fraction of sp³-hybridized carbons (Fsp3) is 0.462. The predicted molar refractivity (Wildman–Crippen MR) is 87.5 cm³/mol. The van der Waals surface area contributed by atoms with Gasteiger partial charge in [-0.25, -0.2) is 15.0 Å². The summed E-state index contributed by atoms with van der Waals surface area (Å²) in [5.41, 5.74) is 2.96. The summed E-state index contributed by atoms with van der Waals surface area (Å²) in [6, 6.07) is 0. The van der Waals surface area contributed by atoms with Crippen molar-refractivity contribution in [1.82, 2.24) is 15.0 Å². The smallest absolute Gasteiger partial charge is 0.148 e. The second-order valence-electron chi connectivity index (χ2n) is 4.50. The molecule has 2 aromatic heterocycles. The van der Waals surface area contributed by atoms with Crippen molar-refractivity contribution in [3.8, 4) is 0 Å². The van der Waals surface area contributed by atoms with Crippen molar-refractivity contribution in [2.24, 2.45) is 0 Å². The van der Waals surface area contributed by atoms with Gasteiger partial charge < -0.3 is 10.2 Å². The summed E-state index contributed by atoms with van der Waals surface area (Å²) < 4.78 is 0.901. The van der Waals surface area contributed by atoms with E-state index in [-0.39, 0.29) is 0 Å². The van der Waals surface area contributed by atoms with E-state index in [1.54, 1.807) is 17.7 Å². The minimum Gasteiger partial charge on any atom is -0.369 e. The minimum atomic E-state index is 0.791. The van der Waals surface area contributed by atoms with Crippen molar-refractivity contribution in [3.63, 3.8) is 0 Å². The molecule has 0 saturated carbocycles. The first-order valence-electron chi connectivity index (χ1n) is 6.48. The zero-order chi connectivity index (χ0) is 14.5. The van der Waals surface area contributed by atoms with E-state index in [0.717, 1.165) is 41.3 Å². The molecule has 2 heterocycles. The highest BCUT2D eigenvalue weighted by Gasteiger charge is 2.14. The largest absolute Gasteiger partial charge is 0.369 e. The van der Waals surface area contributed by atoms with Crippen molar-refractivity contribution in [2.75, 3.05) is 23.8 Å². The maximum atomic E-state index is 4.37. The Kier molecular flexibility index (Phi) is 5.31. The molecule has 0 bridgehead atoms. The van der Waals surface area contributed by atoms with Crippen LogP contribution in [0.3, 0.4) is 0 Å². The van der Waals surface area contributed by atoms with Gasteiger partial charge in [0, 0.05) is 18.5 Å². The zero-order valence-corrected chi connectivity index (χ0v) is 14.3. The van der Waals surface area contributed by atoms with Crippen molar-refractivity contribution in [1.29, 1.82) is 0 Å². The Balaban J connectivity index is 2.17. The molecule has 108 valence electrons. The van der Waals surface area contributed by atoms with E-state index in [1.165, 1.54) is 4.88 Å². The highest BCUT2D eigenvalue weighted by Crippen LogP contribution is 2.30. The van der Waals surface area contributed by atoms with Crippen LogP contribution >= 0.6 is 27.3 Å². The number of anilines is 2. The lowest BCUT2D eigenvalue weighted by Crippen LogP contribution is -2.19. The average molecular weight is 356 g/mol. The first-order valence-corrected chi connectivity index (χ1v) is 8.15. The second kappa shape index (κ2) is 6.99. The van der Waals surface area contributed by atoms with Crippen LogP contribution in [0.2, 0.25) is 0 Å². The van der Waals surface area contributed by atoms with Crippen LogP contribution in [0.25, 0.3) is 0 Å². The van der Waals surface area contributed by atoms with Gasteiger partial charge in [-0.15, -0.1) is 11.3 Å². The molecule has 0 amide bonds. The number of aryl methyl sites for hydroxylation is 1. The van der Waals surface area contributed by atoms with Crippen LogP contribution in [0.4, 0.5) is 11.6 Å². The van der Waals surface area contributed by atoms with Crippen LogP contribution in [0.5, 0.6) is 0 Å². The Morgan fingerprint density at radius 3 is 2.80 bits per heavy atom. The second-order valence-corrected chi connectivity index (χ2v) is 6.24. The first-order chi connectivity index (χ1) is 9.63. The summed E-state index contributed by atoms with van der Waals surface area (Å²) >= 11 is 5.26. The number of hydrogen-bond acceptors (Lipinski definition) is 6. The average Bonchev–Trinajstić information content (AvgIpc) is 2.83. The molecule has 0 fully saturated rings. The molecule has 0 atom stereocenters. The molecule has 0 aliphatic heterocycles. The quantitative estimate of drug-likeness (QED) is 0.859. The monoisotopic (exact) mass is 355 g/mol. The number of thiazole rings is 1. The van der Waals surface area contributed by atoms with E-state index in [9.17, 15) is 0 Å². The molecular weight excluding hydrogens is 338 g/mol. The van der Waals surface area contributed by atoms with E-state index in [2.05, 4.69) is 48.0 Å². The molecule has 0 aromatic carbocycles. The fourth-order valence-electron chi connectivity index (χ4n) is 1.76. The molecular formula is C13H18BrN5S. The summed E-state index contributed by atoms with van der Waals surface area (Å²) in [6.45, 7) is 5.84. The molecule has 0 unspecified atom stereocenters. The summed E-state index contributed by atoms with van der Waals surface area (Å²) in [5, 5.41) is 3.29. The molecule has 2 aromatic rings. The van der Waals surface area contributed by atoms with Crippen LogP contribution in [-0.4, -0.2) is 28.5 Å². The lowest BCUT2D eigenvalue weighted by Gasteiger charge is -2.20. The number of hydrogen-bond donors (Lipinski definition) is 1. The van der Waals surface area contributed by atoms with E-state index in [4.69, 9.17) is 0 Å². The van der Waals surface area contributed by atoms with Crippen LogP contribution in [0.1, 0.15) is 23.9 Å². The predicted octanol–water partition coefficient (Wildman–Crippen LogP) is 3.46. The number of nitrogens with zero attached hydrogens (tertiary/aromatic N) is 4. The Labute approximate surface area is 131 Å². The van der Waals surface area contributed by atoms with E-state index < -0.39 is 0 Å². The molecule has 0 spiro atoms. The molecule has 20 heavy (non-hydrogen) atoms. The Morgan fingerprint density at radius 1 is 1.35 bits per heavy atom. The van der Waals surface area contributed by atoms with Gasteiger partial charge in [-0.1, -0.05) is 6.92 Å². The zero-order valence-electron chi connectivity index (χ0n) is 11.9. The number of aromatic nitrogens is 3. The molecule has 1 N–H and O–H groups in total. The van der Waals surface area contributed by atoms with Crippen molar-refractivity contribution < 1.29 is 0 Å². The maximum absolute atomic E-state index is 4.37. The molecule has 0 saturated heterocycles. The van der Waals surface area contributed by atoms with Gasteiger partial charge in [-0.3, -0.25) is 0 Å². The topological polar surface area (TPSA) is 53.9 Å². The maximum Gasteiger partial charge on any atom is 0.148 e. The van der Waals surface area contributed by atoms with E-state index in [1.807, 2.05) is 19.5 Å². The van der Waals surface area contributed by atoms with E-state index >= 15 is 0 Å². The van der Waals surface area contributed by atoms with Gasteiger partial charge in [0.15, 0.2) is 0 Å². The van der Waals surface area contributed by atoms with Crippen molar-refractivity contribution in [2.45, 2.75) is 26.8 Å². The van der Waals surface area contributed by atoms with Crippen LogP contribution in [0.15, 0.2) is 16.3 Å². The number of halogens is 1. The summed E-state index contributed by atoms with van der Waals surface area (Å²) in [4.78, 5) is 16.3. The highest BCUT2D eigenvalue weighted by molar-refractivity contribution is 9.10. The third-order valence-corrected chi connectivity index (χ3v) is 4.55. The normalized spacial score (nSPS) is 10.6. The van der Waals surface area contributed by atoms with Gasteiger partial charge in [0.25, 0.3) is 0 Å². The van der Waals surface area contributed by atoms with Gasteiger partial charge in [0.1, 0.15) is 22.4 Å². The third-order valence-electron chi connectivity index (χ3n) is 2.90. The summed E-state index contributed by atoms with van der Waals surface area (Å²) in [7, 11) is 2.02. The lowest BCUT2D eigenvalue weighted by molar-refractivity contribution is 0.886. The van der Waals surface area contributed by atoms with Crippen LogP contribution < -0.4 is 10.2 Å². The molecule has 2 rings (SSSR count). The molecule has 7 heteroatoms. The molecule has 0 aliphatic rings. The molecule has 5 nitrogen and oxygen atoms in total. The standard InChI is InChI=1S/C13H18BrN5S/c1-4-5-15-12-11(14)13(17-7-16-12)19(3)6-10-9(2)18-8-20-10/h7-8H,4-6H2,1-3H3,(H,15,16,17). The van der Waals surface area contributed by atoms with Crippen LogP contribution in [-0.2, 0) is 6.54 Å². The summed E-state index contributed by atoms with van der Waals surface area (Å²) in [5.74, 6) is 1.72. The van der Waals surface area contributed by atoms with Gasteiger partial charge in [0.05, 0.1) is 17.7 Å². The lowest BCUT2D eigenvalue weighted by atomic mass is 10.3. The highest BCUT2D eigenvalue weighted by atomic mass is 79.9. The van der Waals surface area contributed by atoms with Gasteiger partial charge in [-0.05, 0) is 29.3 Å². The minimum absolute atomic E-state index is 0.791. The first kappa shape index (κ1) is 15.2. The Hall–Kier alpha value is -1.21. The fourth-order valence-corrected chi connectivity index (χ4v) is 3.24. The van der Waals surface area contributed by atoms with Crippen molar-refractivity contribution >= 4 is 38.9 Å². The SMILES string of the molecule is CCCNc1ncnc(N(C)Cc2scnc2C)c1Br. The van der Waals surface area contributed by atoms with Gasteiger partial charge >= 0.3 is 0 Å². The molecule has 0 aliphatic carbocycles. The van der Waals surface area contributed by atoms with Crippen molar-refractivity contribution in [3.05, 3.63) is 26.9 Å². The number of rotatable bonds is 6. The van der Waals surface area contributed by atoms with Gasteiger partial charge in [-0.2, -0.15) is 0 Å².